The molecule has 120 valence electrons. The molecule has 3 fully saturated rings. The van der Waals surface area contributed by atoms with Crippen molar-refractivity contribution in [2.45, 2.75) is 45.6 Å². The Labute approximate surface area is 135 Å². The summed E-state index contributed by atoms with van der Waals surface area (Å²) in [6.45, 7) is 4.83. The van der Waals surface area contributed by atoms with Crippen molar-refractivity contribution in [2.24, 2.45) is 29.6 Å². The van der Waals surface area contributed by atoms with Crippen LogP contribution in [0, 0.1) is 34.4 Å². The first-order chi connectivity index (χ1) is 10.6. The van der Waals surface area contributed by atoms with Gasteiger partial charge in [-0.3, -0.25) is 9.89 Å². The number of aromatic nitrogens is 3. The maximum Gasteiger partial charge on any atom is 0.223 e. The van der Waals surface area contributed by atoms with Gasteiger partial charge in [-0.15, -0.1) is 0 Å². The molecule has 3 aliphatic rings. The van der Waals surface area contributed by atoms with E-state index in [1.807, 2.05) is 4.57 Å². The van der Waals surface area contributed by atoms with Crippen molar-refractivity contribution in [3.63, 3.8) is 0 Å². The van der Waals surface area contributed by atoms with Gasteiger partial charge in [-0.05, 0) is 69.0 Å². The summed E-state index contributed by atoms with van der Waals surface area (Å²) in [7, 11) is 0. The van der Waals surface area contributed by atoms with Gasteiger partial charge in [0.15, 0.2) is 4.77 Å². The fraction of sp³-hybridized carbons (Fsp3) is 0.812. The van der Waals surface area contributed by atoms with Crippen molar-refractivity contribution in [2.75, 3.05) is 6.54 Å². The highest BCUT2D eigenvalue weighted by molar-refractivity contribution is 7.71. The van der Waals surface area contributed by atoms with Crippen LogP contribution in [0.3, 0.4) is 0 Å². The van der Waals surface area contributed by atoms with Crippen LogP contribution in [0.2, 0.25) is 0 Å². The molecule has 1 amide bonds. The molecule has 5 nitrogen and oxygen atoms in total. The van der Waals surface area contributed by atoms with E-state index in [9.17, 15) is 4.79 Å². The Morgan fingerprint density at radius 2 is 2.09 bits per heavy atom. The summed E-state index contributed by atoms with van der Waals surface area (Å²) in [6.07, 6.45) is 4.84. The number of nitrogens with one attached hydrogen (secondary N) is 2. The number of rotatable bonds is 5. The van der Waals surface area contributed by atoms with Crippen molar-refractivity contribution in [1.29, 1.82) is 0 Å². The zero-order chi connectivity index (χ0) is 15.4. The second kappa shape index (κ2) is 5.18. The first-order valence-corrected chi connectivity index (χ1v) is 8.92. The Morgan fingerprint density at radius 1 is 1.41 bits per heavy atom. The minimum absolute atomic E-state index is 0.275. The summed E-state index contributed by atoms with van der Waals surface area (Å²) in [5.74, 6) is 4.64. The third-order valence-electron chi connectivity index (χ3n) is 5.98. The molecule has 0 spiro atoms. The Balaban J connectivity index is 1.31. The molecule has 1 aromatic rings. The Kier molecular flexibility index (Phi) is 3.40. The van der Waals surface area contributed by atoms with Crippen LogP contribution >= 0.6 is 12.2 Å². The van der Waals surface area contributed by atoms with E-state index >= 15 is 0 Å². The molecule has 0 aliphatic heterocycles. The Hall–Kier alpha value is -1.17. The fourth-order valence-corrected chi connectivity index (χ4v) is 5.50. The van der Waals surface area contributed by atoms with Gasteiger partial charge >= 0.3 is 0 Å². The molecule has 3 saturated carbocycles. The summed E-state index contributed by atoms with van der Waals surface area (Å²) >= 11 is 5.25. The predicted octanol–water partition coefficient (Wildman–Crippen LogP) is 2.47. The zero-order valence-electron chi connectivity index (χ0n) is 13.2. The third kappa shape index (κ3) is 2.14. The predicted molar refractivity (Wildman–Crippen MR) is 85.8 cm³/mol. The largest absolute Gasteiger partial charge is 0.355 e. The van der Waals surface area contributed by atoms with Gasteiger partial charge in [-0.1, -0.05) is 0 Å². The molecule has 2 bridgehead atoms. The van der Waals surface area contributed by atoms with E-state index in [0.717, 1.165) is 24.1 Å². The number of H-pyrrole nitrogens is 1. The fourth-order valence-electron chi connectivity index (χ4n) is 5.14. The minimum Gasteiger partial charge on any atom is -0.355 e. The summed E-state index contributed by atoms with van der Waals surface area (Å²) in [4.78, 5) is 12.4. The van der Waals surface area contributed by atoms with E-state index < -0.39 is 0 Å². The van der Waals surface area contributed by atoms with E-state index in [4.69, 9.17) is 12.2 Å². The normalized spacial score (nSPS) is 35.0. The molecule has 6 heteroatoms. The lowest BCUT2D eigenvalue weighted by atomic mass is 10.0. The topological polar surface area (TPSA) is 62.7 Å². The molecule has 3 aliphatic carbocycles. The Morgan fingerprint density at radius 3 is 2.73 bits per heavy atom. The molecule has 2 N–H and O–H groups in total. The second-order valence-corrected chi connectivity index (χ2v) is 7.85. The van der Waals surface area contributed by atoms with Gasteiger partial charge in [0.05, 0.1) is 0 Å². The number of carbonyl (C=O) groups is 1. The zero-order valence-corrected chi connectivity index (χ0v) is 14.0. The van der Waals surface area contributed by atoms with Gasteiger partial charge in [-0.25, -0.2) is 0 Å². The third-order valence-corrected chi connectivity index (χ3v) is 6.27. The van der Waals surface area contributed by atoms with E-state index in [1.54, 1.807) is 0 Å². The maximum absolute atomic E-state index is 12.4. The summed E-state index contributed by atoms with van der Waals surface area (Å²) in [5.41, 5.74) is 0. The van der Waals surface area contributed by atoms with Crippen molar-refractivity contribution in [1.82, 2.24) is 20.1 Å². The average Bonchev–Trinajstić information content (AvgIpc) is 2.78. The highest BCUT2D eigenvalue weighted by atomic mass is 32.1. The molecule has 4 rings (SSSR count). The quantitative estimate of drug-likeness (QED) is 0.819. The number of nitrogens with zero attached hydrogens (tertiary/aromatic N) is 2. The van der Waals surface area contributed by atoms with Gasteiger partial charge in [0.25, 0.3) is 0 Å². The first kappa shape index (κ1) is 14.4. The molecule has 0 radical (unpaired) electrons. The van der Waals surface area contributed by atoms with Crippen LogP contribution in [-0.4, -0.2) is 27.2 Å². The summed E-state index contributed by atoms with van der Waals surface area (Å²) < 4.78 is 2.68. The van der Waals surface area contributed by atoms with E-state index in [2.05, 4.69) is 29.4 Å². The van der Waals surface area contributed by atoms with E-state index in [1.165, 1.54) is 19.3 Å². The SMILES string of the molecule is CC(C)n1c(CCNC(=O)C2[C@@H]3[C@H]4CC[C@@H](C4)[C@@H]23)n[nH]c1=S. The van der Waals surface area contributed by atoms with Crippen LogP contribution < -0.4 is 5.32 Å². The molecular weight excluding hydrogens is 296 g/mol. The number of aromatic amines is 1. The van der Waals surface area contributed by atoms with Gasteiger partial charge in [0, 0.05) is 24.9 Å². The van der Waals surface area contributed by atoms with Crippen LogP contribution in [0.4, 0.5) is 0 Å². The number of hydrogen-bond acceptors (Lipinski definition) is 3. The average molecular weight is 320 g/mol. The Bertz CT molecular complexity index is 633. The standard InChI is InChI=1S/C16H24N4OS/c1-8(2)20-11(18-19-16(20)22)5-6-17-15(21)14-12-9-3-4-10(7-9)13(12)14/h8-10,12-14H,3-7H2,1-2H3,(H,17,21)(H,19,22)/t9-,10-,12+,13+/m0/s1. The van der Waals surface area contributed by atoms with Gasteiger partial charge in [0.1, 0.15) is 5.82 Å². The monoisotopic (exact) mass is 320 g/mol. The molecule has 1 heterocycles. The van der Waals surface area contributed by atoms with Crippen molar-refractivity contribution in [3.8, 4) is 0 Å². The van der Waals surface area contributed by atoms with Gasteiger partial charge in [0.2, 0.25) is 5.91 Å². The van der Waals surface area contributed by atoms with Crippen molar-refractivity contribution in [3.05, 3.63) is 10.6 Å². The van der Waals surface area contributed by atoms with Crippen LogP contribution in [0.1, 0.15) is 45.0 Å². The summed E-state index contributed by atoms with van der Waals surface area (Å²) in [5, 5.41) is 10.3. The molecule has 1 aromatic heterocycles. The lowest BCUT2D eigenvalue weighted by molar-refractivity contribution is -0.123. The smallest absolute Gasteiger partial charge is 0.223 e. The maximum atomic E-state index is 12.4. The molecular formula is C16H24N4OS. The van der Waals surface area contributed by atoms with Crippen LogP contribution in [0.15, 0.2) is 0 Å². The lowest BCUT2D eigenvalue weighted by Gasteiger charge is -2.12. The van der Waals surface area contributed by atoms with Gasteiger partial charge < -0.3 is 9.88 Å². The lowest BCUT2D eigenvalue weighted by Crippen LogP contribution is -2.30. The van der Waals surface area contributed by atoms with Crippen molar-refractivity contribution < 1.29 is 4.79 Å². The number of amides is 1. The second-order valence-electron chi connectivity index (χ2n) is 7.46. The van der Waals surface area contributed by atoms with Crippen LogP contribution in [0.5, 0.6) is 0 Å². The number of carbonyl (C=O) groups excluding carboxylic acids is 1. The first-order valence-electron chi connectivity index (χ1n) is 8.51. The molecule has 0 aromatic carbocycles. The molecule has 0 saturated heterocycles. The van der Waals surface area contributed by atoms with Crippen LogP contribution in [-0.2, 0) is 11.2 Å². The highest BCUT2D eigenvalue weighted by Gasteiger charge is 2.67. The molecule has 0 unspecified atom stereocenters. The molecule has 4 atom stereocenters. The van der Waals surface area contributed by atoms with E-state index in [-0.39, 0.29) is 11.9 Å². The van der Waals surface area contributed by atoms with Crippen LogP contribution in [0.25, 0.3) is 0 Å². The minimum atomic E-state index is 0.275. The highest BCUT2D eigenvalue weighted by Crippen LogP contribution is 2.69. The van der Waals surface area contributed by atoms with Gasteiger partial charge in [-0.2, -0.15) is 5.10 Å². The molecule has 22 heavy (non-hydrogen) atoms. The number of hydrogen-bond donors (Lipinski definition) is 2. The summed E-state index contributed by atoms with van der Waals surface area (Å²) in [6, 6.07) is 0.287. The number of fused-ring (bicyclic) bond motifs is 5. The van der Waals surface area contributed by atoms with Crippen molar-refractivity contribution >= 4 is 18.1 Å². The van der Waals surface area contributed by atoms with E-state index in [0.29, 0.717) is 29.1 Å².